The first-order chi connectivity index (χ1) is 7.61. The SMILES string of the molecule is CCCNCCCS(=O)(=O)N(CC)C1CC1. The predicted molar refractivity (Wildman–Crippen MR) is 67.0 cm³/mol. The van der Waals surface area contributed by atoms with Gasteiger partial charge in [-0.2, -0.15) is 4.31 Å². The molecule has 1 N–H and O–H groups in total. The molecule has 16 heavy (non-hydrogen) atoms. The summed E-state index contributed by atoms with van der Waals surface area (Å²) in [4.78, 5) is 0. The Morgan fingerprint density at radius 3 is 2.44 bits per heavy atom. The minimum Gasteiger partial charge on any atom is -0.317 e. The Bertz CT molecular complexity index is 286. The lowest BCUT2D eigenvalue weighted by Gasteiger charge is -2.19. The van der Waals surface area contributed by atoms with E-state index in [1.54, 1.807) is 4.31 Å². The first-order valence-electron chi connectivity index (χ1n) is 6.32. The molecule has 0 saturated heterocycles. The van der Waals surface area contributed by atoms with Crippen LogP contribution in [0.1, 0.15) is 39.5 Å². The average molecular weight is 248 g/mol. The van der Waals surface area contributed by atoms with Gasteiger partial charge in [0.25, 0.3) is 0 Å². The minimum absolute atomic E-state index is 0.286. The lowest BCUT2D eigenvalue weighted by Crippen LogP contribution is -2.35. The molecule has 1 rings (SSSR count). The Balaban J connectivity index is 2.27. The quantitative estimate of drug-likeness (QED) is 0.624. The van der Waals surface area contributed by atoms with Gasteiger partial charge in [0.15, 0.2) is 0 Å². The molecule has 1 fully saturated rings. The molecule has 1 aliphatic rings. The Kier molecular flexibility index (Phi) is 5.72. The second-order valence-electron chi connectivity index (χ2n) is 4.35. The van der Waals surface area contributed by atoms with Crippen LogP contribution in [0.15, 0.2) is 0 Å². The van der Waals surface area contributed by atoms with Crippen molar-refractivity contribution in [2.24, 2.45) is 0 Å². The van der Waals surface area contributed by atoms with Crippen molar-refractivity contribution < 1.29 is 8.42 Å². The molecule has 0 aromatic heterocycles. The van der Waals surface area contributed by atoms with Crippen molar-refractivity contribution in [3.05, 3.63) is 0 Å². The number of hydrogen-bond donors (Lipinski definition) is 1. The van der Waals surface area contributed by atoms with E-state index in [9.17, 15) is 8.42 Å². The highest BCUT2D eigenvalue weighted by atomic mass is 32.2. The maximum absolute atomic E-state index is 12.0. The van der Waals surface area contributed by atoms with Crippen molar-refractivity contribution in [3.8, 4) is 0 Å². The van der Waals surface area contributed by atoms with Gasteiger partial charge in [-0.1, -0.05) is 13.8 Å². The van der Waals surface area contributed by atoms with Gasteiger partial charge < -0.3 is 5.32 Å². The van der Waals surface area contributed by atoms with E-state index in [0.29, 0.717) is 19.0 Å². The van der Waals surface area contributed by atoms with E-state index in [0.717, 1.165) is 32.4 Å². The first kappa shape index (κ1) is 13.9. The van der Waals surface area contributed by atoms with E-state index in [1.165, 1.54) is 0 Å². The van der Waals surface area contributed by atoms with Crippen molar-refractivity contribution in [3.63, 3.8) is 0 Å². The number of nitrogens with one attached hydrogen (secondary N) is 1. The summed E-state index contributed by atoms with van der Waals surface area (Å²) in [6.45, 7) is 6.42. The van der Waals surface area contributed by atoms with Crippen LogP contribution in [0.3, 0.4) is 0 Å². The lowest BCUT2D eigenvalue weighted by molar-refractivity contribution is 0.419. The number of sulfonamides is 1. The second-order valence-corrected chi connectivity index (χ2v) is 6.40. The van der Waals surface area contributed by atoms with E-state index in [2.05, 4.69) is 12.2 Å². The highest BCUT2D eigenvalue weighted by molar-refractivity contribution is 7.89. The molecule has 1 saturated carbocycles. The van der Waals surface area contributed by atoms with Crippen molar-refractivity contribution in [2.45, 2.75) is 45.6 Å². The second kappa shape index (κ2) is 6.57. The Hall–Kier alpha value is -0.130. The Morgan fingerprint density at radius 2 is 1.94 bits per heavy atom. The van der Waals surface area contributed by atoms with Gasteiger partial charge in [-0.25, -0.2) is 8.42 Å². The number of nitrogens with zero attached hydrogens (tertiary/aromatic N) is 1. The van der Waals surface area contributed by atoms with Gasteiger partial charge in [-0.15, -0.1) is 0 Å². The predicted octanol–water partition coefficient (Wildman–Crippen LogP) is 1.19. The minimum atomic E-state index is -3.00. The largest absolute Gasteiger partial charge is 0.317 e. The van der Waals surface area contributed by atoms with E-state index < -0.39 is 10.0 Å². The third-order valence-electron chi connectivity index (χ3n) is 2.81. The van der Waals surface area contributed by atoms with Crippen LogP contribution in [0.4, 0.5) is 0 Å². The summed E-state index contributed by atoms with van der Waals surface area (Å²) in [5.41, 5.74) is 0. The molecule has 0 amide bonds. The zero-order valence-electron chi connectivity index (χ0n) is 10.4. The van der Waals surface area contributed by atoms with Gasteiger partial charge in [0.05, 0.1) is 5.75 Å². The third-order valence-corrected chi connectivity index (χ3v) is 4.88. The zero-order valence-corrected chi connectivity index (χ0v) is 11.2. The molecule has 0 aromatic carbocycles. The zero-order chi connectivity index (χ0) is 12.0. The summed E-state index contributed by atoms with van der Waals surface area (Å²) < 4.78 is 25.6. The molecular formula is C11H24N2O2S. The molecule has 5 heteroatoms. The molecule has 0 aromatic rings. The summed E-state index contributed by atoms with van der Waals surface area (Å²) in [6, 6.07) is 0.304. The molecular weight excluding hydrogens is 224 g/mol. The van der Waals surface area contributed by atoms with Crippen LogP contribution in [0.2, 0.25) is 0 Å². The van der Waals surface area contributed by atoms with Crippen molar-refractivity contribution in [2.75, 3.05) is 25.4 Å². The third kappa shape index (κ3) is 4.39. The molecule has 0 bridgehead atoms. The fourth-order valence-electron chi connectivity index (χ4n) is 1.84. The van der Waals surface area contributed by atoms with Crippen LogP contribution < -0.4 is 5.32 Å². The van der Waals surface area contributed by atoms with Crippen molar-refractivity contribution in [1.82, 2.24) is 9.62 Å². The van der Waals surface area contributed by atoms with Crippen LogP contribution in [0, 0.1) is 0 Å². The van der Waals surface area contributed by atoms with Crippen LogP contribution >= 0.6 is 0 Å². The number of rotatable bonds is 9. The van der Waals surface area contributed by atoms with Gasteiger partial charge in [0.1, 0.15) is 0 Å². The van der Waals surface area contributed by atoms with Crippen molar-refractivity contribution >= 4 is 10.0 Å². The summed E-state index contributed by atoms with van der Waals surface area (Å²) in [7, 11) is -3.00. The molecule has 0 aliphatic heterocycles. The normalized spacial score (nSPS) is 16.9. The lowest BCUT2D eigenvalue weighted by atomic mass is 10.4. The number of hydrogen-bond acceptors (Lipinski definition) is 3. The molecule has 96 valence electrons. The Labute approximate surface area is 99.5 Å². The van der Waals surface area contributed by atoms with Crippen LogP contribution in [0.5, 0.6) is 0 Å². The smallest absolute Gasteiger partial charge is 0.214 e. The molecule has 0 atom stereocenters. The van der Waals surface area contributed by atoms with E-state index >= 15 is 0 Å². The van der Waals surface area contributed by atoms with E-state index in [1.807, 2.05) is 6.92 Å². The first-order valence-corrected chi connectivity index (χ1v) is 7.93. The molecule has 0 radical (unpaired) electrons. The van der Waals surface area contributed by atoms with Gasteiger partial charge in [0.2, 0.25) is 10.0 Å². The fraction of sp³-hybridized carbons (Fsp3) is 1.00. The van der Waals surface area contributed by atoms with E-state index in [-0.39, 0.29) is 5.75 Å². The maximum atomic E-state index is 12.0. The standard InChI is InChI=1S/C11H24N2O2S/c1-3-8-12-9-5-10-16(14,15)13(4-2)11-6-7-11/h11-12H,3-10H2,1-2H3. The van der Waals surface area contributed by atoms with Gasteiger partial charge in [0, 0.05) is 12.6 Å². The summed E-state index contributed by atoms with van der Waals surface area (Å²) >= 11 is 0. The van der Waals surface area contributed by atoms with Crippen LogP contribution in [-0.2, 0) is 10.0 Å². The van der Waals surface area contributed by atoms with Gasteiger partial charge in [-0.3, -0.25) is 0 Å². The topological polar surface area (TPSA) is 49.4 Å². The molecule has 4 nitrogen and oxygen atoms in total. The summed E-state index contributed by atoms with van der Waals surface area (Å²) in [6.07, 6.45) is 3.89. The van der Waals surface area contributed by atoms with E-state index in [4.69, 9.17) is 0 Å². The van der Waals surface area contributed by atoms with Gasteiger partial charge >= 0.3 is 0 Å². The fourth-order valence-corrected chi connectivity index (χ4v) is 3.65. The Morgan fingerprint density at radius 1 is 1.25 bits per heavy atom. The van der Waals surface area contributed by atoms with Crippen LogP contribution in [-0.4, -0.2) is 44.2 Å². The average Bonchev–Trinajstić information content (AvgIpc) is 3.02. The maximum Gasteiger partial charge on any atom is 0.214 e. The molecule has 0 spiro atoms. The molecule has 0 heterocycles. The summed E-state index contributed by atoms with van der Waals surface area (Å²) in [5.74, 6) is 0.286. The summed E-state index contributed by atoms with van der Waals surface area (Å²) in [5, 5.41) is 3.23. The highest BCUT2D eigenvalue weighted by Crippen LogP contribution is 2.29. The van der Waals surface area contributed by atoms with Gasteiger partial charge in [-0.05, 0) is 38.8 Å². The molecule has 1 aliphatic carbocycles. The van der Waals surface area contributed by atoms with Crippen LogP contribution in [0.25, 0.3) is 0 Å². The van der Waals surface area contributed by atoms with Crippen molar-refractivity contribution in [1.29, 1.82) is 0 Å². The monoisotopic (exact) mass is 248 g/mol. The molecule has 0 unspecified atom stereocenters. The highest BCUT2D eigenvalue weighted by Gasteiger charge is 2.35.